The Hall–Kier alpha value is -2.57. The number of nitrogens with zero attached hydrogens (tertiary/aromatic N) is 1. The number of amides is 3. The van der Waals surface area contributed by atoms with E-state index >= 15 is 0 Å². The van der Waals surface area contributed by atoms with Crippen LogP contribution in [0.2, 0.25) is 0 Å². The monoisotopic (exact) mass is 363 g/mol. The predicted octanol–water partition coefficient (Wildman–Crippen LogP) is 1.43. The van der Waals surface area contributed by atoms with E-state index in [2.05, 4.69) is 10.6 Å². The standard InChI is InChI=1S/C19H29N3O4/c1-6-22(7-2)16(23)12-20-19(25)17(13(3)4)21-18(24)14-10-8-9-11-15(14)26-5/h8-11,13,17H,6-7,12H2,1-5H3,(H,20,25)(H,21,24). The van der Waals surface area contributed by atoms with E-state index in [4.69, 9.17) is 4.74 Å². The lowest BCUT2D eigenvalue weighted by molar-refractivity contribution is -0.133. The lowest BCUT2D eigenvalue weighted by atomic mass is 10.0. The van der Waals surface area contributed by atoms with Gasteiger partial charge in [0.05, 0.1) is 19.2 Å². The van der Waals surface area contributed by atoms with E-state index in [0.717, 1.165) is 0 Å². The van der Waals surface area contributed by atoms with E-state index in [1.807, 2.05) is 27.7 Å². The topological polar surface area (TPSA) is 87.7 Å². The molecular formula is C19H29N3O4. The van der Waals surface area contributed by atoms with Crippen molar-refractivity contribution < 1.29 is 19.1 Å². The average molecular weight is 363 g/mol. The van der Waals surface area contributed by atoms with Crippen LogP contribution in [-0.4, -0.2) is 55.4 Å². The first-order valence-electron chi connectivity index (χ1n) is 8.84. The maximum atomic E-state index is 12.5. The normalized spacial score (nSPS) is 11.6. The van der Waals surface area contributed by atoms with Crippen molar-refractivity contribution in [1.82, 2.24) is 15.5 Å². The van der Waals surface area contributed by atoms with Gasteiger partial charge in [-0.25, -0.2) is 0 Å². The van der Waals surface area contributed by atoms with Crippen molar-refractivity contribution in [1.29, 1.82) is 0 Å². The van der Waals surface area contributed by atoms with Crippen LogP contribution in [0.4, 0.5) is 0 Å². The number of para-hydroxylation sites is 1. The number of ether oxygens (including phenoxy) is 1. The maximum absolute atomic E-state index is 12.5. The van der Waals surface area contributed by atoms with Gasteiger partial charge in [0.15, 0.2) is 0 Å². The van der Waals surface area contributed by atoms with Crippen molar-refractivity contribution in [3.63, 3.8) is 0 Å². The SMILES string of the molecule is CCN(CC)C(=O)CNC(=O)C(NC(=O)c1ccccc1OC)C(C)C. The highest BCUT2D eigenvalue weighted by Gasteiger charge is 2.26. The summed E-state index contributed by atoms with van der Waals surface area (Å²) in [6.45, 7) is 8.51. The zero-order chi connectivity index (χ0) is 19.7. The Morgan fingerprint density at radius 3 is 2.27 bits per heavy atom. The minimum atomic E-state index is -0.753. The fourth-order valence-corrected chi connectivity index (χ4v) is 2.55. The predicted molar refractivity (Wildman–Crippen MR) is 100 cm³/mol. The van der Waals surface area contributed by atoms with Crippen molar-refractivity contribution in [3.05, 3.63) is 29.8 Å². The second-order valence-electron chi connectivity index (χ2n) is 6.18. The largest absolute Gasteiger partial charge is 0.496 e. The van der Waals surface area contributed by atoms with Crippen LogP contribution in [0, 0.1) is 5.92 Å². The lowest BCUT2D eigenvalue weighted by Crippen LogP contribution is -2.51. The van der Waals surface area contributed by atoms with Crippen molar-refractivity contribution in [2.24, 2.45) is 5.92 Å². The molecule has 0 bridgehead atoms. The summed E-state index contributed by atoms with van der Waals surface area (Å²) in [4.78, 5) is 38.7. The van der Waals surface area contributed by atoms with E-state index in [1.165, 1.54) is 7.11 Å². The molecule has 1 rings (SSSR count). The molecule has 1 aromatic carbocycles. The minimum Gasteiger partial charge on any atom is -0.496 e. The molecule has 0 aliphatic rings. The van der Waals surface area contributed by atoms with Crippen LogP contribution in [-0.2, 0) is 9.59 Å². The fourth-order valence-electron chi connectivity index (χ4n) is 2.55. The molecule has 26 heavy (non-hydrogen) atoms. The zero-order valence-corrected chi connectivity index (χ0v) is 16.2. The van der Waals surface area contributed by atoms with Gasteiger partial charge in [-0.1, -0.05) is 26.0 Å². The highest BCUT2D eigenvalue weighted by atomic mass is 16.5. The van der Waals surface area contributed by atoms with Crippen LogP contribution in [0.1, 0.15) is 38.1 Å². The van der Waals surface area contributed by atoms with Crippen molar-refractivity contribution in [2.45, 2.75) is 33.7 Å². The van der Waals surface area contributed by atoms with Gasteiger partial charge in [-0.05, 0) is 31.9 Å². The molecule has 0 fully saturated rings. The first-order chi connectivity index (χ1) is 12.3. The summed E-state index contributed by atoms with van der Waals surface area (Å²) < 4.78 is 5.19. The molecule has 0 heterocycles. The number of hydrogen-bond acceptors (Lipinski definition) is 4. The van der Waals surface area contributed by atoms with Crippen LogP contribution in [0.15, 0.2) is 24.3 Å². The Labute approximate surface area is 155 Å². The third-order valence-electron chi connectivity index (χ3n) is 4.12. The summed E-state index contributed by atoms with van der Waals surface area (Å²) in [6.07, 6.45) is 0. The number of hydrogen-bond donors (Lipinski definition) is 2. The molecule has 1 unspecified atom stereocenters. The maximum Gasteiger partial charge on any atom is 0.255 e. The Morgan fingerprint density at radius 2 is 1.73 bits per heavy atom. The quantitative estimate of drug-likeness (QED) is 0.695. The van der Waals surface area contributed by atoms with Crippen LogP contribution in [0.5, 0.6) is 5.75 Å². The molecule has 2 N–H and O–H groups in total. The third-order valence-corrected chi connectivity index (χ3v) is 4.12. The molecule has 0 aliphatic heterocycles. The number of carbonyl (C=O) groups excluding carboxylic acids is 3. The number of likely N-dealkylation sites (N-methyl/N-ethyl adjacent to an activating group) is 1. The number of carbonyl (C=O) groups is 3. The number of benzene rings is 1. The van der Waals surface area contributed by atoms with Crippen molar-refractivity contribution in [2.75, 3.05) is 26.7 Å². The van der Waals surface area contributed by atoms with E-state index in [-0.39, 0.29) is 24.3 Å². The molecule has 0 saturated heterocycles. The first kappa shape index (κ1) is 21.5. The Kier molecular flexibility index (Phi) is 8.61. The van der Waals surface area contributed by atoms with Crippen molar-refractivity contribution >= 4 is 17.7 Å². The molecule has 0 saturated carbocycles. The molecule has 1 aromatic rings. The number of nitrogens with one attached hydrogen (secondary N) is 2. The van der Waals surface area contributed by atoms with E-state index < -0.39 is 11.9 Å². The van der Waals surface area contributed by atoms with Crippen LogP contribution >= 0.6 is 0 Å². The molecule has 144 valence electrons. The van der Waals surface area contributed by atoms with Gasteiger partial charge in [0.1, 0.15) is 11.8 Å². The van der Waals surface area contributed by atoms with Gasteiger partial charge in [-0.15, -0.1) is 0 Å². The summed E-state index contributed by atoms with van der Waals surface area (Å²) in [5, 5.41) is 5.35. The van der Waals surface area contributed by atoms with Gasteiger partial charge in [0.2, 0.25) is 11.8 Å². The Balaban J connectivity index is 2.77. The van der Waals surface area contributed by atoms with E-state index in [1.54, 1.807) is 29.2 Å². The fraction of sp³-hybridized carbons (Fsp3) is 0.526. The Morgan fingerprint density at radius 1 is 1.12 bits per heavy atom. The van der Waals surface area contributed by atoms with Crippen LogP contribution in [0.25, 0.3) is 0 Å². The second kappa shape index (κ2) is 10.4. The first-order valence-corrected chi connectivity index (χ1v) is 8.84. The molecule has 7 nitrogen and oxygen atoms in total. The van der Waals surface area contributed by atoms with Gasteiger partial charge < -0.3 is 20.3 Å². The molecule has 7 heteroatoms. The number of methoxy groups -OCH3 is 1. The van der Waals surface area contributed by atoms with Gasteiger partial charge >= 0.3 is 0 Å². The summed E-state index contributed by atoms with van der Waals surface area (Å²) in [5.74, 6) is -0.640. The van der Waals surface area contributed by atoms with Crippen LogP contribution < -0.4 is 15.4 Å². The summed E-state index contributed by atoms with van der Waals surface area (Å²) in [6, 6.07) is 6.05. The second-order valence-corrected chi connectivity index (χ2v) is 6.18. The van der Waals surface area contributed by atoms with E-state index in [0.29, 0.717) is 24.4 Å². The van der Waals surface area contributed by atoms with Gasteiger partial charge in [0.25, 0.3) is 5.91 Å². The zero-order valence-electron chi connectivity index (χ0n) is 16.2. The van der Waals surface area contributed by atoms with Gasteiger partial charge in [-0.2, -0.15) is 0 Å². The third kappa shape index (κ3) is 5.75. The summed E-state index contributed by atoms with van der Waals surface area (Å²) >= 11 is 0. The number of rotatable bonds is 9. The van der Waals surface area contributed by atoms with Gasteiger partial charge in [-0.3, -0.25) is 14.4 Å². The van der Waals surface area contributed by atoms with E-state index in [9.17, 15) is 14.4 Å². The highest BCUT2D eigenvalue weighted by molar-refractivity contribution is 6.00. The molecular weight excluding hydrogens is 334 g/mol. The molecule has 0 spiro atoms. The molecule has 0 aliphatic carbocycles. The molecule has 1 atom stereocenters. The molecule has 0 radical (unpaired) electrons. The summed E-state index contributed by atoms with van der Waals surface area (Å²) in [5.41, 5.74) is 0.354. The lowest BCUT2D eigenvalue weighted by Gasteiger charge is -2.23. The van der Waals surface area contributed by atoms with Gasteiger partial charge in [0, 0.05) is 13.1 Å². The minimum absolute atomic E-state index is 0.0890. The van der Waals surface area contributed by atoms with Crippen molar-refractivity contribution in [3.8, 4) is 5.75 Å². The Bertz CT molecular complexity index is 627. The average Bonchev–Trinajstić information content (AvgIpc) is 2.64. The molecule has 0 aromatic heterocycles. The molecule has 3 amide bonds. The highest BCUT2D eigenvalue weighted by Crippen LogP contribution is 2.17. The van der Waals surface area contributed by atoms with Crippen LogP contribution in [0.3, 0.4) is 0 Å². The summed E-state index contributed by atoms with van der Waals surface area (Å²) in [7, 11) is 1.48. The smallest absolute Gasteiger partial charge is 0.255 e.